The fourth-order valence-electron chi connectivity index (χ4n) is 2.25. The van der Waals surface area contributed by atoms with E-state index in [4.69, 9.17) is 20.7 Å². The maximum absolute atomic E-state index is 11.9. The third-order valence-corrected chi connectivity index (χ3v) is 3.62. The second-order valence-corrected chi connectivity index (χ2v) is 5.52. The summed E-state index contributed by atoms with van der Waals surface area (Å²) >= 11 is 0. The first-order chi connectivity index (χ1) is 11.3. The van der Waals surface area contributed by atoms with Gasteiger partial charge in [-0.05, 0) is 12.5 Å². The van der Waals surface area contributed by atoms with Crippen molar-refractivity contribution in [3.63, 3.8) is 0 Å². The first-order valence-electron chi connectivity index (χ1n) is 7.70. The van der Waals surface area contributed by atoms with E-state index < -0.39 is 54.8 Å². The van der Waals surface area contributed by atoms with Crippen molar-refractivity contribution in [1.29, 1.82) is 0 Å². The van der Waals surface area contributed by atoms with Crippen LogP contribution < -0.4 is 16.4 Å². The van der Waals surface area contributed by atoms with Crippen molar-refractivity contribution < 1.29 is 34.8 Å². The molecule has 0 aromatic rings. The molecule has 5 atom stereocenters. The SMILES string of the molecule is CCCCNC(=O)N[C@H]1[C@H]([C@H](O)[C@H](O)CO)OC(C(=O)O)=C[C@@H]1N. The van der Waals surface area contributed by atoms with Gasteiger partial charge >= 0.3 is 12.0 Å². The van der Waals surface area contributed by atoms with E-state index in [1.807, 2.05) is 6.92 Å². The molecule has 0 unspecified atom stereocenters. The highest BCUT2D eigenvalue weighted by Crippen LogP contribution is 2.22. The lowest BCUT2D eigenvalue weighted by molar-refractivity contribution is -0.144. The van der Waals surface area contributed by atoms with Gasteiger partial charge in [0.2, 0.25) is 5.76 Å². The number of aliphatic hydroxyl groups excluding tert-OH is 3. The molecule has 0 aromatic heterocycles. The van der Waals surface area contributed by atoms with Crippen LogP contribution in [-0.4, -0.2) is 76.0 Å². The van der Waals surface area contributed by atoms with Crippen LogP contribution in [0.1, 0.15) is 19.8 Å². The Kier molecular flexibility index (Phi) is 7.92. The summed E-state index contributed by atoms with van der Waals surface area (Å²) in [5, 5.41) is 42.8. The second kappa shape index (κ2) is 9.42. The highest BCUT2D eigenvalue weighted by atomic mass is 16.5. The lowest BCUT2D eigenvalue weighted by Gasteiger charge is -2.38. The minimum atomic E-state index is -1.65. The van der Waals surface area contributed by atoms with E-state index in [2.05, 4.69) is 10.6 Å². The van der Waals surface area contributed by atoms with Gasteiger partial charge in [-0.1, -0.05) is 13.3 Å². The van der Waals surface area contributed by atoms with Gasteiger partial charge in [-0.15, -0.1) is 0 Å². The van der Waals surface area contributed by atoms with Crippen LogP contribution in [-0.2, 0) is 9.53 Å². The monoisotopic (exact) mass is 347 g/mol. The summed E-state index contributed by atoms with van der Waals surface area (Å²) in [6.45, 7) is 1.64. The Labute approximate surface area is 139 Å². The van der Waals surface area contributed by atoms with Crippen molar-refractivity contribution in [3.05, 3.63) is 11.8 Å². The predicted molar refractivity (Wildman–Crippen MR) is 82.9 cm³/mol. The molecule has 10 heteroatoms. The lowest BCUT2D eigenvalue weighted by atomic mass is 9.93. The summed E-state index contributed by atoms with van der Waals surface area (Å²) < 4.78 is 5.16. The summed E-state index contributed by atoms with van der Waals surface area (Å²) in [5.41, 5.74) is 5.86. The molecule has 0 bridgehead atoms. The van der Waals surface area contributed by atoms with E-state index in [0.29, 0.717) is 6.54 Å². The Hall–Kier alpha value is -1.88. The average Bonchev–Trinajstić information content (AvgIpc) is 2.55. The Morgan fingerprint density at radius 1 is 1.42 bits per heavy atom. The third-order valence-electron chi connectivity index (χ3n) is 3.62. The summed E-state index contributed by atoms with van der Waals surface area (Å²) in [6, 6.07) is -2.52. The maximum Gasteiger partial charge on any atom is 0.370 e. The van der Waals surface area contributed by atoms with E-state index in [1.54, 1.807) is 0 Å². The first-order valence-corrected chi connectivity index (χ1v) is 7.70. The number of unbranched alkanes of at least 4 members (excludes halogenated alkanes) is 1. The Morgan fingerprint density at radius 2 is 2.08 bits per heavy atom. The van der Waals surface area contributed by atoms with Crippen LogP contribution in [0, 0.1) is 0 Å². The summed E-state index contributed by atoms with van der Waals surface area (Å²) in [4.78, 5) is 23.0. The third kappa shape index (κ3) is 5.34. The molecule has 1 aliphatic heterocycles. The topological polar surface area (TPSA) is 174 Å². The number of ether oxygens (including phenoxy) is 1. The van der Waals surface area contributed by atoms with Crippen LogP contribution in [0.5, 0.6) is 0 Å². The molecule has 0 spiro atoms. The number of nitrogens with one attached hydrogen (secondary N) is 2. The fraction of sp³-hybridized carbons (Fsp3) is 0.714. The van der Waals surface area contributed by atoms with Crippen LogP contribution in [0.4, 0.5) is 4.79 Å². The highest BCUT2D eigenvalue weighted by Gasteiger charge is 2.42. The number of hydrogen-bond acceptors (Lipinski definition) is 7. The number of hydrogen-bond donors (Lipinski definition) is 7. The predicted octanol–water partition coefficient (Wildman–Crippen LogP) is -2.14. The van der Waals surface area contributed by atoms with Crippen molar-refractivity contribution in [2.75, 3.05) is 13.2 Å². The zero-order chi connectivity index (χ0) is 18.3. The molecule has 1 aliphatic rings. The molecule has 0 aliphatic carbocycles. The fourth-order valence-corrected chi connectivity index (χ4v) is 2.25. The quantitative estimate of drug-likeness (QED) is 0.243. The van der Waals surface area contributed by atoms with Gasteiger partial charge in [-0.3, -0.25) is 0 Å². The standard InChI is InChI=1S/C14H25N3O7/c1-2-3-4-16-14(23)17-10-7(15)5-9(13(21)22)24-12(10)11(20)8(19)6-18/h5,7-8,10-12,18-20H,2-4,6,15H2,1H3,(H,21,22)(H2,16,17,23)/t7-,8+,10+,11+,12+/m0/s1. The van der Waals surface area contributed by atoms with Gasteiger partial charge in [-0.25, -0.2) is 9.59 Å². The minimum absolute atomic E-state index is 0.438. The van der Waals surface area contributed by atoms with Gasteiger partial charge in [0.1, 0.15) is 18.3 Å². The van der Waals surface area contributed by atoms with Crippen LogP contribution in [0.15, 0.2) is 11.8 Å². The van der Waals surface area contributed by atoms with Crippen LogP contribution >= 0.6 is 0 Å². The number of carboxylic acids is 1. The van der Waals surface area contributed by atoms with Crippen molar-refractivity contribution in [2.24, 2.45) is 5.73 Å². The first kappa shape index (κ1) is 20.2. The minimum Gasteiger partial charge on any atom is -0.478 e. The number of amides is 2. The Morgan fingerprint density at radius 3 is 2.62 bits per heavy atom. The molecule has 138 valence electrons. The zero-order valence-corrected chi connectivity index (χ0v) is 13.4. The molecule has 10 nitrogen and oxygen atoms in total. The maximum atomic E-state index is 11.9. The molecule has 1 rings (SSSR count). The number of carbonyl (C=O) groups excluding carboxylic acids is 1. The van der Waals surface area contributed by atoms with Gasteiger partial charge in [0.15, 0.2) is 0 Å². The van der Waals surface area contributed by atoms with E-state index >= 15 is 0 Å². The molecule has 0 fully saturated rings. The van der Waals surface area contributed by atoms with Crippen molar-refractivity contribution in [2.45, 2.75) is 50.2 Å². The lowest BCUT2D eigenvalue weighted by Crippen LogP contribution is -2.63. The van der Waals surface area contributed by atoms with Crippen molar-refractivity contribution >= 4 is 12.0 Å². The smallest absolute Gasteiger partial charge is 0.370 e. The molecule has 1 heterocycles. The molecule has 0 saturated carbocycles. The van der Waals surface area contributed by atoms with E-state index in [-0.39, 0.29) is 0 Å². The largest absolute Gasteiger partial charge is 0.478 e. The summed E-state index contributed by atoms with van der Waals surface area (Å²) in [5.74, 6) is -1.90. The number of carboxylic acid groups (broad SMARTS) is 1. The summed E-state index contributed by atoms with van der Waals surface area (Å²) in [6.07, 6.45) is -1.79. The number of rotatable bonds is 8. The normalized spacial score (nSPS) is 25.9. The number of aliphatic carboxylic acids is 1. The number of aliphatic hydroxyl groups is 3. The Bertz CT molecular complexity index is 471. The summed E-state index contributed by atoms with van der Waals surface area (Å²) in [7, 11) is 0. The van der Waals surface area contributed by atoms with Gasteiger partial charge in [0.25, 0.3) is 0 Å². The van der Waals surface area contributed by atoms with E-state index in [9.17, 15) is 19.8 Å². The van der Waals surface area contributed by atoms with Gasteiger partial charge in [0, 0.05) is 6.54 Å². The van der Waals surface area contributed by atoms with Crippen molar-refractivity contribution in [1.82, 2.24) is 10.6 Å². The molecule has 8 N–H and O–H groups in total. The highest BCUT2D eigenvalue weighted by molar-refractivity contribution is 5.84. The molecular formula is C14H25N3O7. The van der Waals surface area contributed by atoms with Crippen LogP contribution in [0.25, 0.3) is 0 Å². The Balaban J connectivity index is 2.90. The van der Waals surface area contributed by atoms with Gasteiger partial charge in [0.05, 0.1) is 18.7 Å². The average molecular weight is 347 g/mol. The van der Waals surface area contributed by atoms with E-state index in [1.165, 1.54) is 0 Å². The zero-order valence-electron chi connectivity index (χ0n) is 13.4. The molecule has 0 aromatic carbocycles. The molecular weight excluding hydrogens is 322 g/mol. The number of urea groups is 1. The van der Waals surface area contributed by atoms with Gasteiger partial charge < -0.3 is 41.5 Å². The number of carbonyl (C=O) groups is 2. The number of nitrogens with two attached hydrogens (primary N) is 1. The molecule has 0 radical (unpaired) electrons. The van der Waals surface area contributed by atoms with Crippen molar-refractivity contribution in [3.8, 4) is 0 Å². The second-order valence-electron chi connectivity index (χ2n) is 5.52. The molecule has 0 saturated heterocycles. The molecule has 2 amide bonds. The van der Waals surface area contributed by atoms with Crippen LogP contribution in [0.2, 0.25) is 0 Å². The van der Waals surface area contributed by atoms with E-state index in [0.717, 1.165) is 18.9 Å². The molecule has 24 heavy (non-hydrogen) atoms. The van der Waals surface area contributed by atoms with Crippen LogP contribution in [0.3, 0.4) is 0 Å². The van der Waals surface area contributed by atoms with Gasteiger partial charge in [-0.2, -0.15) is 0 Å².